The highest BCUT2D eigenvalue weighted by Crippen LogP contribution is 2.35. The van der Waals surface area contributed by atoms with Gasteiger partial charge in [-0.05, 0) is 40.7 Å². The second-order valence-corrected chi connectivity index (χ2v) is 6.36. The number of ether oxygens (including phenoxy) is 1. The van der Waals surface area contributed by atoms with E-state index in [-0.39, 0.29) is 6.42 Å². The molecule has 0 bridgehead atoms. The molecule has 0 radical (unpaired) electrons. The molecular formula is C14H26F2N2O2. The molecular weight excluding hydrogens is 266 g/mol. The van der Waals surface area contributed by atoms with Crippen LogP contribution in [0.2, 0.25) is 0 Å². The average molecular weight is 292 g/mol. The maximum atomic E-state index is 13.9. The molecule has 1 fully saturated rings. The van der Waals surface area contributed by atoms with Gasteiger partial charge in [0.2, 0.25) is 0 Å². The van der Waals surface area contributed by atoms with Crippen LogP contribution < -0.4 is 5.32 Å². The fraction of sp³-hybridized carbons (Fsp3) is 0.929. The largest absolute Gasteiger partial charge is 0.444 e. The first-order valence-corrected chi connectivity index (χ1v) is 7.16. The van der Waals surface area contributed by atoms with Gasteiger partial charge in [-0.2, -0.15) is 0 Å². The smallest absolute Gasteiger partial charge is 0.410 e. The Bertz CT molecular complexity index is 322. The predicted molar refractivity (Wildman–Crippen MR) is 74.0 cm³/mol. The number of carbonyl (C=O) groups is 1. The Kier molecular flexibility index (Phi) is 5.74. The van der Waals surface area contributed by atoms with Gasteiger partial charge in [-0.15, -0.1) is 0 Å². The summed E-state index contributed by atoms with van der Waals surface area (Å²) in [5.74, 6) is -3.31. The number of likely N-dealkylation sites (tertiary alicyclic amines) is 1. The molecule has 1 N–H and O–H groups in total. The molecule has 1 amide bonds. The molecule has 0 atom stereocenters. The highest BCUT2D eigenvalue weighted by Gasteiger charge is 2.41. The van der Waals surface area contributed by atoms with Gasteiger partial charge in [-0.25, -0.2) is 13.6 Å². The van der Waals surface area contributed by atoms with E-state index in [1.165, 1.54) is 4.90 Å². The molecule has 0 aromatic carbocycles. The van der Waals surface area contributed by atoms with Gasteiger partial charge >= 0.3 is 6.09 Å². The van der Waals surface area contributed by atoms with Crippen molar-refractivity contribution in [3.05, 3.63) is 0 Å². The van der Waals surface area contributed by atoms with Gasteiger partial charge in [0, 0.05) is 32.0 Å². The van der Waals surface area contributed by atoms with Crippen LogP contribution in [-0.4, -0.2) is 49.2 Å². The minimum Gasteiger partial charge on any atom is -0.444 e. The topological polar surface area (TPSA) is 41.6 Å². The SMILES string of the molecule is CNCCC(F)(F)C1CCN(C(=O)OC(C)(C)C)CC1. The zero-order valence-corrected chi connectivity index (χ0v) is 12.8. The first-order valence-electron chi connectivity index (χ1n) is 7.16. The summed E-state index contributed by atoms with van der Waals surface area (Å²) in [4.78, 5) is 13.4. The first-order chi connectivity index (χ1) is 9.15. The zero-order valence-electron chi connectivity index (χ0n) is 12.8. The quantitative estimate of drug-likeness (QED) is 0.866. The van der Waals surface area contributed by atoms with E-state index in [0.717, 1.165) is 0 Å². The normalized spacial score (nSPS) is 18.2. The van der Waals surface area contributed by atoms with Crippen molar-refractivity contribution < 1.29 is 18.3 Å². The van der Waals surface area contributed by atoms with E-state index in [9.17, 15) is 13.6 Å². The van der Waals surface area contributed by atoms with E-state index < -0.39 is 23.5 Å². The number of nitrogens with zero attached hydrogens (tertiary/aromatic N) is 1. The molecule has 1 saturated heterocycles. The summed E-state index contributed by atoms with van der Waals surface area (Å²) in [6.07, 6.45) is 0.0986. The third-order valence-electron chi connectivity index (χ3n) is 3.45. The van der Waals surface area contributed by atoms with Crippen LogP contribution in [0, 0.1) is 5.92 Å². The minimum absolute atomic E-state index is 0.152. The van der Waals surface area contributed by atoms with Crippen molar-refractivity contribution in [2.45, 2.75) is 51.6 Å². The van der Waals surface area contributed by atoms with Crippen LogP contribution in [0.15, 0.2) is 0 Å². The molecule has 0 aromatic rings. The number of halogens is 2. The molecule has 0 unspecified atom stereocenters. The Labute approximate surface area is 119 Å². The second kappa shape index (κ2) is 6.70. The summed E-state index contributed by atoms with van der Waals surface area (Å²) in [6.45, 7) is 6.37. The van der Waals surface area contributed by atoms with Crippen LogP contribution in [0.3, 0.4) is 0 Å². The highest BCUT2D eigenvalue weighted by molar-refractivity contribution is 5.68. The zero-order chi connectivity index (χ0) is 15.4. The van der Waals surface area contributed by atoms with Gasteiger partial charge in [0.05, 0.1) is 0 Å². The van der Waals surface area contributed by atoms with Crippen molar-refractivity contribution in [3.63, 3.8) is 0 Å². The number of hydrogen-bond acceptors (Lipinski definition) is 3. The van der Waals surface area contributed by atoms with Crippen molar-refractivity contribution in [2.24, 2.45) is 5.92 Å². The van der Waals surface area contributed by atoms with Crippen molar-refractivity contribution in [2.75, 3.05) is 26.7 Å². The number of nitrogens with one attached hydrogen (secondary N) is 1. The van der Waals surface area contributed by atoms with E-state index in [4.69, 9.17) is 4.74 Å². The van der Waals surface area contributed by atoms with E-state index >= 15 is 0 Å². The lowest BCUT2D eigenvalue weighted by Gasteiger charge is -2.36. The summed E-state index contributed by atoms with van der Waals surface area (Å²) in [6, 6.07) is 0. The molecule has 1 aliphatic rings. The molecule has 1 aliphatic heterocycles. The Hall–Kier alpha value is -0.910. The lowest BCUT2D eigenvalue weighted by molar-refractivity contribution is -0.0844. The van der Waals surface area contributed by atoms with Gasteiger partial charge in [-0.1, -0.05) is 0 Å². The summed E-state index contributed by atoms with van der Waals surface area (Å²) in [7, 11) is 1.67. The monoisotopic (exact) mass is 292 g/mol. The van der Waals surface area contributed by atoms with Crippen LogP contribution >= 0.6 is 0 Å². The molecule has 6 heteroatoms. The summed E-state index contributed by atoms with van der Waals surface area (Å²) in [5, 5.41) is 2.75. The minimum atomic E-state index is -2.66. The molecule has 4 nitrogen and oxygen atoms in total. The molecule has 1 rings (SSSR count). The van der Waals surface area contributed by atoms with Gasteiger partial charge < -0.3 is 15.0 Å². The first kappa shape index (κ1) is 17.1. The standard InChI is InChI=1S/C14H26F2N2O2/c1-13(2,3)20-12(19)18-9-5-11(6-10-18)14(15,16)7-8-17-4/h11,17H,5-10H2,1-4H3. The number of amides is 1. The van der Waals surface area contributed by atoms with E-state index in [1.54, 1.807) is 27.8 Å². The highest BCUT2D eigenvalue weighted by atomic mass is 19.3. The Balaban J connectivity index is 2.45. The fourth-order valence-electron chi connectivity index (χ4n) is 2.31. The van der Waals surface area contributed by atoms with E-state index in [2.05, 4.69) is 5.32 Å². The van der Waals surface area contributed by atoms with Crippen molar-refractivity contribution >= 4 is 6.09 Å². The van der Waals surface area contributed by atoms with Gasteiger partial charge in [0.15, 0.2) is 0 Å². The lowest BCUT2D eigenvalue weighted by Crippen LogP contribution is -2.45. The van der Waals surface area contributed by atoms with Crippen molar-refractivity contribution in [1.82, 2.24) is 10.2 Å². The van der Waals surface area contributed by atoms with Crippen molar-refractivity contribution in [1.29, 1.82) is 0 Å². The summed E-state index contributed by atoms with van der Waals surface area (Å²) < 4.78 is 33.1. The average Bonchev–Trinajstić information content (AvgIpc) is 2.34. The summed E-state index contributed by atoms with van der Waals surface area (Å²) >= 11 is 0. The van der Waals surface area contributed by atoms with Crippen LogP contribution in [-0.2, 0) is 4.74 Å². The Morgan fingerprint density at radius 3 is 2.30 bits per heavy atom. The van der Waals surface area contributed by atoms with Crippen LogP contribution in [0.4, 0.5) is 13.6 Å². The molecule has 0 aromatic heterocycles. The number of piperidine rings is 1. The predicted octanol–water partition coefficient (Wildman–Crippen LogP) is 2.88. The second-order valence-electron chi connectivity index (χ2n) is 6.36. The molecule has 118 valence electrons. The molecule has 0 spiro atoms. The van der Waals surface area contributed by atoms with Gasteiger partial charge in [0.25, 0.3) is 5.92 Å². The third-order valence-corrected chi connectivity index (χ3v) is 3.45. The Morgan fingerprint density at radius 1 is 1.30 bits per heavy atom. The van der Waals surface area contributed by atoms with Gasteiger partial charge in [0.1, 0.15) is 5.60 Å². The van der Waals surface area contributed by atoms with Crippen LogP contribution in [0.1, 0.15) is 40.0 Å². The fourth-order valence-corrected chi connectivity index (χ4v) is 2.31. The van der Waals surface area contributed by atoms with Crippen molar-refractivity contribution in [3.8, 4) is 0 Å². The van der Waals surface area contributed by atoms with Crippen LogP contribution in [0.5, 0.6) is 0 Å². The lowest BCUT2D eigenvalue weighted by atomic mass is 9.89. The maximum Gasteiger partial charge on any atom is 0.410 e. The maximum absolute atomic E-state index is 13.9. The number of carbonyl (C=O) groups excluding carboxylic acids is 1. The molecule has 1 heterocycles. The number of rotatable bonds is 4. The number of alkyl halides is 2. The van der Waals surface area contributed by atoms with Crippen LogP contribution in [0.25, 0.3) is 0 Å². The third kappa shape index (κ3) is 5.23. The van der Waals surface area contributed by atoms with E-state index in [1.807, 2.05) is 0 Å². The van der Waals surface area contributed by atoms with E-state index in [0.29, 0.717) is 32.5 Å². The molecule has 20 heavy (non-hydrogen) atoms. The molecule has 0 aliphatic carbocycles. The summed E-state index contributed by atoms with van der Waals surface area (Å²) in [5.41, 5.74) is -0.551. The molecule has 0 saturated carbocycles. The number of hydrogen-bond donors (Lipinski definition) is 1. The van der Waals surface area contributed by atoms with Gasteiger partial charge in [-0.3, -0.25) is 0 Å². The Morgan fingerprint density at radius 2 is 1.85 bits per heavy atom.